The number of nitrogens with one attached hydrogen (secondary N) is 1. The van der Waals surface area contributed by atoms with Crippen molar-refractivity contribution < 1.29 is 13.2 Å². The lowest BCUT2D eigenvalue weighted by molar-refractivity contribution is -0.118. The lowest BCUT2D eigenvalue weighted by atomic mass is 9.99. The van der Waals surface area contributed by atoms with Crippen LogP contribution in [0.5, 0.6) is 0 Å². The first-order valence-electron chi connectivity index (χ1n) is 9.97. The predicted octanol–water partition coefficient (Wildman–Crippen LogP) is 2.25. The summed E-state index contributed by atoms with van der Waals surface area (Å²) in [6, 6.07) is 14.0. The Morgan fingerprint density at radius 3 is 2.35 bits per heavy atom. The van der Waals surface area contributed by atoms with Crippen LogP contribution in [0.25, 0.3) is 11.1 Å². The summed E-state index contributed by atoms with van der Waals surface area (Å²) in [5.74, 6) is -0.0352. The van der Waals surface area contributed by atoms with E-state index in [1.54, 1.807) is 0 Å². The molecular weight excluding hydrogens is 452 g/mol. The molecule has 2 aromatic carbocycles. The van der Waals surface area contributed by atoms with E-state index in [9.17, 15) is 13.2 Å². The summed E-state index contributed by atoms with van der Waals surface area (Å²) in [5, 5.41) is 7.30. The Bertz CT molecular complexity index is 1110. The first kappa shape index (κ1) is 22.1. The minimum Gasteiger partial charge on any atom is -0.398 e. The molecule has 7 nitrogen and oxygen atoms in total. The number of carbonyl (C=O) groups excluding carboxylic acids is 1. The Morgan fingerprint density at radius 1 is 1.13 bits per heavy atom. The van der Waals surface area contributed by atoms with Gasteiger partial charge in [-0.1, -0.05) is 54.3 Å². The highest BCUT2D eigenvalue weighted by molar-refractivity contribution is 8.24. The molecule has 2 heterocycles. The number of primary sulfonamides is 1. The standard InChI is InChI=1S/C21H24N4O3S3/c22-18-12-15(25-9-7-16(8-10-25)31(23,27)28)5-6-17(18)14-3-1-13(2-4-14)11-19-20(26)24-21(29)30-19/h1-6,12,16,19H,7-11,22H2,(H2,23,27,28)(H,24,26,29). The average molecular weight is 477 g/mol. The molecule has 2 aromatic rings. The summed E-state index contributed by atoms with van der Waals surface area (Å²) in [6.45, 7) is 1.26. The molecule has 1 unspecified atom stereocenters. The Balaban J connectivity index is 1.44. The molecule has 1 amide bonds. The van der Waals surface area contributed by atoms with E-state index in [2.05, 4.69) is 10.2 Å². The van der Waals surface area contributed by atoms with Crippen molar-refractivity contribution in [2.45, 2.75) is 29.8 Å². The number of thioether (sulfide) groups is 1. The first-order valence-corrected chi connectivity index (χ1v) is 12.9. The van der Waals surface area contributed by atoms with Gasteiger partial charge in [-0.25, -0.2) is 13.6 Å². The maximum Gasteiger partial charge on any atom is 0.239 e. The highest BCUT2D eigenvalue weighted by Crippen LogP contribution is 2.32. The number of rotatable bonds is 5. The predicted molar refractivity (Wildman–Crippen MR) is 130 cm³/mol. The minimum atomic E-state index is -3.48. The maximum atomic E-state index is 11.9. The van der Waals surface area contributed by atoms with E-state index in [1.165, 1.54) is 11.8 Å². The Hall–Kier alpha value is -2.14. The molecule has 2 saturated heterocycles. The molecule has 0 saturated carbocycles. The average Bonchev–Trinajstić information content (AvgIpc) is 3.05. The fourth-order valence-corrected chi connectivity index (χ4v) is 6.19. The number of carbonyl (C=O) groups is 1. The van der Waals surface area contributed by atoms with Crippen LogP contribution in [0, 0.1) is 0 Å². The van der Waals surface area contributed by atoms with Gasteiger partial charge in [-0.05, 0) is 42.5 Å². The number of nitrogens with two attached hydrogens (primary N) is 2. The highest BCUT2D eigenvalue weighted by atomic mass is 32.2. The molecule has 1 atom stereocenters. The van der Waals surface area contributed by atoms with Gasteiger partial charge in [0.15, 0.2) is 0 Å². The van der Waals surface area contributed by atoms with E-state index in [4.69, 9.17) is 23.1 Å². The summed E-state index contributed by atoms with van der Waals surface area (Å²) in [6.07, 6.45) is 1.66. The van der Waals surface area contributed by atoms with Crippen LogP contribution in [0.2, 0.25) is 0 Å². The summed E-state index contributed by atoms with van der Waals surface area (Å²) in [7, 11) is -3.48. The topological polar surface area (TPSA) is 119 Å². The largest absolute Gasteiger partial charge is 0.398 e. The molecule has 0 radical (unpaired) electrons. The molecule has 2 aliphatic heterocycles. The van der Waals surface area contributed by atoms with Crippen LogP contribution in [-0.2, 0) is 21.2 Å². The van der Waals surface area contributed by atoms with Gasteiger partial charge in [0.25, 0.3) is 0 Å². The van der Waals surface area contributed by atoms with E-state index in [1.807, 2.05) is 42.5 Å². The summed E-state index contributed by atoms with van der Waals surface area (Å²) in [5.41, 5.74) is 11.0. The molecule has 10 heteroatoms. The zero-order valence-electron chi connectivity index (χ0n) is 16.8. The monoisotopic (exact) mass is 476 g/mol. The van der Waals surface area contributed by atoms with Crippen molar-refractivity contribution in [1.82, 2.24) is 5.32 Å². The van der Waals surface area contributed by atoms with Gasteiger partial charge in [0, 0.05) is 30.0 Å². The lowest BCUT2D eigenvalue weighted by Crippen LogP contribution is -2.41. The number of nitrogens with zero attached hydrogens (tertiary/aromatic N) is 1. The number of hydrogen-bond acceptors (Lipinski definition) is 7. The van der Waals surface area contributed by atoms with Gasteiger partial charge in [0.2, 0.25) is 15.9 Å². The third kappa shape index (κ3) is 5.03. The van der Waals surface area contributed by atoms with Crippen molar-refractivity contribution in [3.05, 3.63) is 48.0 Å². The number of anilines is 2. The third-order valence-electron chi connectivity index (χ3n) is 5.76. The molecule has 5 N–H and O–H groups in total. The number of piperidine rings is 1. The van der Waals surface area contributed by atoms with E-state index < -0.39 is 15.3 Å². The van der Waals surface area contributed by atoms with Gasteiger partial charge in [-0.2, -0.15) is 0 Å². The quantitative estimate of drug-likeness (QED) is 0.447. The summed E-state index contributed by atoms with van der Waals surface area (Å²) >= 11 is 6.44. The first-order chi connectivity index (χ1) is 14.7. The molecule has 0 aromatic heterocycles. The molecule has 0 spiro atoms. The summed E-state index contributed by atoms with van der Waals surface area (Å²) in [4.78, 5) is 14.0. The molecule has 0 bridgehead atoms. The van der Waals surface area contributed by atoms with Gasteiger partial charge >= 0.3 is 0 Å². The number of hydrogen-bond donors (Lipinski definition) is 3. The summed E-state index contributed by atoms with van der Waals surface area (Å²) < 4.78 is 23.6. The minimum absolute atomic E-state index is 0.0352. The van der Waals surface area contributed by atoms with E-state index in [0.717, 1.165) is 22.4 Å². The van der Waals surface area contributed by atoms with Crippen molar-refractivity contribution >= 4 is 55.6 Å². The second kappa shape index (κ2) is 8.78. The smallest absolute Gasteiger partial charge is 0.239 e. The SMILES string of the molecule is Nc1cc(N2CCC(S(N)(=O)=O)CC2)ccc1-c1ccc(CC2SC(=S)NC2=O)cc1. The van der Waals surface area contributed by atoms with Crippen molar-refractivity contribution in [3.8, 4) is 11.1 Å². The lowest BCUT2D eigenvalue weighted by Gasteiger charge is -2.32. The third-order valence-corrected chi connectivity index (χ3v) is 8.53. The van der Waals surface area contributed by atoms with Crippen molar-refractivity contribution in [2.24, 2.45) is 5.14 Å². The molecule has 2 aliphatic rings. The van der Waals surface area contributed by atoms with Crippen LogP contribution in [0.15, 0.2) is 42.5 Å². The van der Waals surface area contributed by atoms with E-state index >= 15 is 0 Å². The Kier molecular flexibility index (Phi) is 6.25. The second-order valence-electron chi connectivity index (χ2n) is 7.83. The van der Waals surface area contributed by atoms with Gasteiger partial charge in [0.05, 0.1) is 10.5 Å². The number of sulfonamides is 1. The fraction of sp³-hybridized carbons (Fsp3) is 0.333. The number of amides is 1. The van der Waals surface area contributed by atoms with E-state index in [0.29, 0.717) is 42.4 Å². The molecule has 164 valence electrons. The molecular formula is C21H24N4O3S3. The highest BCUT2D eigenvalue weighted by Gasteiger charge is 2.29. The molecule has 2 fully saturated rings. The van der Waals surface area contributed by atoms with Gasteiger partial charge < -0.3 is 16.0 Å². The van der Waals surface area contributed by atoms with Crippen molar-refractivity contribution in [2.75, 3.05) is 23.7 Å². The second-order valence-corrected chi connectivity index (χ2v) is 11.6. The van der Waals surface area contributed by atoms with Crippen LogP contribution in [0.4, 0.5) is 11.4 Å². The zero-order valence-corrected chi connectivity index (χ0v) is 19.2. The van der Waals surface area contributed by atoms with Crippen molar-refractivity contribution in [3.63, 3.8) is 0 Å². The zero-order chi connectivity index (χ0) is 22.2. The van der Waals surface area contributed by atoms with Crippen LogP contribution < -0.4 is 21.1 Å². The van der Waals surface area contributed by atoms with Crippen LogP contribution >= 0.6 is 24.0 Å². The van der Waals surface area contributed by atoms with E-state index in [-0.39, 0.29) is 11.2 Å². The van der Waals surface area contributed by atoms with Crippen LogP contribution in [0.3, 0.4) is 0 Å². The number of nitrogen functional groups attached to an aromatic ring is 1. The number of benzene rings is 2. The Labute approximate surface area is 191 Å². The Morgan fingerprint density at radius 2 is 1.81 bits per heavy atom. The normalized spacial score (nSPS) is 20.2. The van der Waals surface area contributed by atoms with Crippen molar-refractivity contribution in [1.29, 1.82) is 0 Å². The molecule has 0 aliphatic carbocycles. The van der Waals surface area contributed by atoms with Crippen LogP contribution in [-0.4, -0.2) is 42.2 Å². The van der Waals surface area contributed by atoms with Gasteiger partial charge in [-0.3, -0.25) is 4.79 Å². The van der Waals surface area contributed by atoms with Gasteiger partial charge in [-0.15, -0.1) is 0 Å². The maximum absolute atomic E-state index is 11.9. The van der Waals surface area contributed by atoms with Crippen LogP contribution in [0.1, 0.15) is 18.4 Å². The molecule has 31 heavy (non-hydrogen) atoms. The number of thiocarbonyl (C=S) groups is 1. The fourth-order valence-electron chi connectivity index (χ4n) is 4.01. The molecule has 4 rings (SSSR count). The van der Waals surface area contributed by atoms with Gasteiger partial charge in [0.1, 0.15) is 4.32 Å².